The monoisotopic (exact) mass is 755 g/mol. The highest BCUT2D eigenvalue weighted by Gasteiger charge is 2.50. The number of nitrogens with zero attached hydrogens (tertiary/aromatic N) is 1. The fourth-order valence-corrected chi connectivity index (χ4v) is 11.5. The first-order valence-electron chi connectivity index (χ1n) is 19.9. The molecule has 0 unspecified atom stereocenters. The van der Waals surface area contributed by atoms with Gasteiger partial charge in [-0.3, -0.25) is 0 Å². The molecule has 2 aromatic heterocycles. The molecule has 9 aromatic carbocycles. The molecule has 58 heavy (non-hydrogen) atoms. The molecule has 2 nitrogen and oxygen atoms in total. The van der Waals surface area contributed by atoms with E-state index in [1.807, 2.05) is 23.9 Å². The van der Waals surface area contributed by atoms with Crippen LogP contribution in [-0.4, -0.2) is 4.57 Å². The lowest BCUT2D eigenvalue weighted by Crippen LogP contribution is -2.31. The summed E-state index contributed by atoms with van der Waals surface area (Å²) in [5, 5.41) is 4.74. The van der Waals surface area contributed by atoms with Crippen LogP contribution in [0.15, 0.2) is 214 Å². The quantitative estimate of drug-likeness (QED) is 0.179. The first-order chi connectivity index (χ1) is 28.8. The first-order valence-corrected chi connectivity index (χ1v) is 20.7. The fraction of sp³-hybridized carbons (Fsp3) is 0.0182. The maximum absolute atomic E-state index is 6.23. The number of benzene rings is 9. The van der Waals surface area contributed by atoms with Crippen LogP contribution in [0.2, 0.25) is 0 Å². The number of rotatable bonds is 3. The Labute approximate surface area is 339 Å². The smallest absolute Gasteiger partial charge is 0.135 e. The Kier molecular flexibility index (Phi) is 6.62. The number of para-hydroxylation sites is 3. The Balaban J connectivity index is 1.03. The molecule has 2 aliphatic rings. The van der Waals surface area contributed by atoms with Crippen molar-refractivity contribution in [3.63, 3.8) is 0 Å². The minimum atomic E-state index is -0.380. The summed E-state index contributed by atoms with van der Waals surface area (Å²) in [7, 11) is 0. The average molecular weight is 756 g/mol. The van der Waals surface area contributed by atoms with Crippen LogP contribution in [0.3, 0.4) is 0 Å². The Morgan fingerprint density at radius 1 is 0.379 bits per heavy atom. The van der Waals surface area contributed by atoms with E-state index in [1.54, 1.807) is 0 Å². The van der Waals surface area contributed by atoms with Crippen LogP contribution in [0.1, 0.15) is 22.3 Å². The number of furan rings is 1. The molecule has 1 spiro atoms. The molecule has 270 valence electrons. The zero-order valence-corrected chi connectivity index (χ0v) is 32.1. The van der Waals surface area contributed by atoms with Crippen LogP contribution in [0, 0.1) is 0 Å². The van der Waals surface area contributed by atoms with Gasteiger partial charge < -0.3 is 8.98 Å². The van der Waals surface area contributed by atoms with E-state index < -0.39 is 0 Å². The predicted molar refractivity (Wildman–Crippen MR) is 240 cm³/mol. The molecule has 0 radical (unpaired) electrons. The van der Waals surface area contributed by atoms with Crippen molar-refractivity contribution in [1.29, 1.82) is 0 Å². The van der Waals surface area contributed by atoms with E-state index in [2.05, 4.69) is 193 Å². The topological polar surface area (TPSA) is 18.1 Å². The van der Waals surface area contributed by atoms with Crippen molar-refractivity contribution in [3.8, 4) is 39.1 Å². The minimum absolute atomic E-state index is 0.380. The van der Waals surface area contributed by atoms with Crippen LogP contribution in [0.4, 0.5) is 0 Å². The average Bonchev–Trinajstić information content (AvgIpc) is 3.93. The molecule has 0 bridgehead atoms. The van der Waals surface area contributed by atoms with E-state index in [4.69, 9.17) is 4.42 Å². The maximum atomic E-state index is 6.23. The highest BCUT2D eigenvalue weighted by Crippen LogP contribution is 2.62. The molecular weight excluding hydrogens is 723 g/mol. The van der Waals surface area contributed by atoms with E-state index in [1.165, 1.54) is 87.2 Å². The zero-order chi connectivity index (χ0) is 38.0. The van der Waals surface area contributed by atoms with Gasteiger partial charge in [0.05, 0.1) is 16.4 Å². The van der Waals surface area contributed by atoms with Crippen molar-refractivity contribution in [2.75, 3.05) is 0 Å². The van der Waals surface area contributed by atoms with E-state index in [0.29, 0.717) is 0 Å². The highest BCUT2D eigenvalue weighted by atomic mass is 32.2. The van der Waals surface area contributed by atoms with Crippen molar-refractivity contribution in [3.05, 3.63) is 222 Å². The van der Waals surface area contributed by atoms with Crippen LogP contribution in [-0.2, 0) is 5.41 Å². The van der Waals surface area contributed by atoms with Crippen molar-refractivity contribution < 1.29 is 4.42 Å². The largest absolute Gasteiger partial charge is 0.456 e. The maximum Gasteiger partial charge on any atom is 0.135 e. The second kappa shape index (κ2) is 12.0. The summed E-state index contributed by atoms with van der Waals surface area (Å²) in [5.74, 6) is 0. The molecular formula is C55H33NOS. The van der Waals surface area contributed by atoms with Crippen molar-refractivity contribution in [2.45, 2.75) is 15.2 Å². The lowest BCUT2D eigenvalue weighted by Gasteiger charge is -2.39. The molecule has 1 aliphatic heterocycles. The molecule has 11 aromatic rings. The van der Waals surface area contributed by atoms with Crippen molar-refractivity contribution >= 4 is 55.5 Å². The van der Waals surface area contributed by atoms with E-state index in [9.17, 15) is 0 Å². The molecule has 0 amide bonds. The van der Waals surface area contributed by atoms with Gasteiger partial charge in [-0.2, -0.15) is 0 Å². The van der Waals surface area contributed by atoms with Crippen molar-refractivity contribution in [2.24, 2.45) is 0 Å². The molecule has 0 saturated carbocycles. The summed E-state index contributed by atoms with van der Waals surface area (Å²) in [4.78, 5) is 2.61. The minimum Gasteiger partial charge on any atom is -0.456 e. The standard InChI is InChI=1S/C55H33NOS/c1-2-13-37(14-3-1)56-49-32-34(25-28-41(49)43-19-12-18-38(54(43)56)36-27-30-51-44(31-36)42-17-6-10-23-50(42)57-51)35-26-29-48-53(33-35)58-52-24-11-9-22-47(52)55(48)45-20-7-4-15-39(45)40-16-5-8-21-46(40)55/h1-33H. The number of hydrogen-bond acceptors (Lipinski definition) is 2. The number of hydrogen-bond donors (Lipinski definition) is 0. The van der Waals surface area contributed by atoms with E-state index in [-0.39, 0.29) is 5.41 Å². The van der Waals surface area contributed by atoms with Crippen LogP contribution in [0.25, 0.3) is 82.8 Å². The Morgan fingerprint density at radius 2 is 1.00 bits per heavy atom. The van der Waals surface area contributed by atoms with Crippen LogP contribution < -0.4 is 0 Å². The Hall–Kier alpha value is -7.07. The molecule has 0 fully saturated rings. The van der Waals surface area contributed by atoms with E-state index >= 15 is 0 Å². The summed E-state index contributed by atoms with van der Waals surface area (Å²) in [6.45, 7) is 0. The van der Waals surface area contributed by atoms with Gasteiger partial charge in [0.25, 0.3) is 0 Å². The molecule has 3 heteroatoms. The molecule has 0 saturated heterocycles. The molecule has 3 heterocycles. The predicted octanol–water partition coefficient (Wildman–Crippen LogP) is 14.8. The summed E-state index contributed by atoms with van der Waals surface area (Å²) in [6.07, 6.45) is 0. The van der Waals surface area contributed by atoms with Gasteiger partial charge in [-0.05, 0) is 98.6 Å². The van der Waals surface area contributed by atoms with Gasteiger partial charge in [0, 0.05) is 42.6 Å². The van der Waals surface area contributed by atoms with Gasteiger partial charge in [0.15, 0.2) is 0 Å². The third-order valence-electron chi connectivity index (χ3n) is 12.7. The Morgan fingerprint density at radius 3 is 1.84 bits per heavy atom. The van der Waals surface area contributed by atoms with E-state index in [0.717, 1.165) is 27.6 Å². The third-order valence-corrected chi connectivity index (χ3v) is 13.8. The third kappa shape index (κ3) is 4.29. The molecule has 13 rings (SSSR count). The van der Waals surface area contributed by atoms with Crippen LogP contribution in [0.5, 0.6) is 0 Å². The summed E-state index contributed by atoms with van der Waals surface area (Å²) in [6, 6.07) is 73.8. The van der Waals surface area contributed by atoms with Gasteiger partial charge in [0.2, 0.25) is 0 Å². The van der Waals surface area contributed by atoms with Crippen LogP contribution >= 0.6 is 11.8 Å². The first kappa shape index (κ1) is 32.1. The zero-order valence-electron chi connectivity index (χ0n) is 31.3. The highest BCUT2D eigenvalue weighted by molar-refractivity contribution is 7.99. The summed E-state index contributed by atoms with van der Waals surface area (Å²) in [5.41, 5.74) is 17.8. The fourth-order valence-electron chi connectivity index (χ4n) is 10.3. The van der Waals surface area contributed by atoms with Gasteiger partial charge in [-0.25, -0.2) is 0 Å². The lowest BCUT2D eigenvalue weighted by atomic mass is 9.67. The molecule has 0 N–H and O–H groups in total. The lowest BCUT2D eigenvalue weighted by molar-refractivity contribution is 0.669. The Bertz CT molecular complexity index is 3450. The SMILES string of the molecule is c1ccc(-n2c3cc(-c4ccc5c(c4)Sc4ccccc4C54c5ccccc5-c5ccccc54)ccc3c3cccc(-c4ccc5oc6ccccc6c5c4)c32)cc1. The van der Waals surface area contributed by atoms with Crippen molar-refractivity contribution in [1.82, 2.24) is 4.57 Å². The number of fused-ring (bicyclic) bond motifs is 15. The van der Waals surface area contributed by atoms with Gasteiger partial charge in [-0.15, -0.1) is 0 Å². The van der Waals surface area contributed by atoms with Gasteiger partial charge in [-0.1, -0.05) is 163 Å². The molecule has 1 aliphatic carbocycles. The molecule has 0 atom stereocenters. The second-order valence-electron chi connectivity index (χ2n) is 15.6. The second-order valence-corrected chi connectivity index (χ2v) is 16.6. The summed E-state index contributed by atoms with van der Waals surface area (Å²) < 4.78 is 8.69. The van der Waals surface area contributed by atoms with Gasteiger partial charge >= 0.3 is 0 Å². The van der Waals surface area contributed by atoms with Gasteiger partial charge in [0.1, 0.15) is 11.2 Å². The number of aromatic nitrogens is 1. The summed E-state index contributed by atoms with van der Waals surface area (Å²) >= 11 is 1.90. The normalized spacial score (nSPS) is 13.6.